The Morgan fingerprint density at radius 3 is 2.41 bits per heavy atom. The van der Waals surface area contributed by atoms with Crippen LogP contribution in [-0.2, 0) is 5.54 Å². The van der Waals surface area contributed by atoms with Gasteiger partial charge in [0.1, 0.15) is 0 Å². The van der Waals surface area contributed by atoms with Gasteiger partial charge in [-0.25, -0.2) is 0 Å². The molecule has 0 aliphatic rings. The van der Waals surface area contributed by atoms with Gasteiger partial charge in [-0.3, -0.25) is 0 Å². The molecule has 2 N–H and O–H groups in total. The summed E-state index contributed by atoms with van der Waals surface area (Å²) in [5.41, 5.74) is 10.9. The largest absolute Gasteiger partial charge is 0.318 e. The lowest BCUT2D eigenvalue weighted by molar-refractivity contribution is 0.602. The maximum atomic E-state index is 6.50. The predicted molar refractivity (Wildman–Crippen MR) is 78.6 cm³/mol. The standard InChI is InChI=1S/C14H16BrNS/c1-9-4-5-11(6-10(9)2)14(3,16)12-7-17-8-13(12)15/h4-8H,16H2,1-3H3. The minimum absolute atomic E-state index is 0.447. The zero-order chi connectivity index (χ0) is 12.6. The highest BCUT2D eigenvalue weighted by molar-refractivity contribution is 9.10. The van der Waals surface area contributed by atoms with Crippen LogP contribution in [0.4, 0.5) is 0 Å². The third-order valence-corrected chi connectivity index (χ3v) is 4.98. The van der Waals surface area contributed by atoms with Crippen LogP contribution in [0.15, 0.2) is 33.4 Å². The van der Waals surface area contributed by atoms with Gasteiger partial charge in [-0.15, -0.1) is 0 Å². The molecule has 0 saturated carbocycles. The summed E-state index contributed by atoms with van der Waals surface area (Å²) in [5, 5.41) is 4.18. The number of benzene rings is 1. The second-order valence-corrected chi connectivity index (χ2v) is 6.23. The van der Waals surface area contributed by atoms with E-state index in [1.807, 2.05) is 0 Å². The van der Waals surface area contributed by atoms with Gasteiger partial charge >= 0.3 is 0 Å². The smallest absolute Gasteiger partial charge is 0.0656 e. The Balaban J connectivity index is 2.51. The average molecular weight is 310 g/mol. The third-order valence-electron chi connectivity index (χ3n) is 3.28. The molecule has 0 bridgehead atoms. The summed E-state index contributed by atoms with van der Waals surface area (Å²) < 4.78 is 1.09. The molecular weight excluding hydrogens is 294 g/mol. The van der Waals surface area contributed by atoms with Crippen LogP contribution in [0.2, 0.25) is 0 Å². The minimum atomic E-state index is -0.447. The number of hydrogen-bond acceptors (Lipinski definition) is 2. The number of aryl methyl sites for hydroxylation is 2. The van der Waals surface area contributed by atoms with Crippen molar-refractivity contribution < 1.29 is 0 Å². The number of nitrogens with two attached hydrogens (primary N) is 1. The van der Waals surface area contributed by atoms with Crippen molar-refractivity contribution in [2.45, 2.75) is 26.3 Å². The maximum absolute atomic E-state index is 6.50. The fraction of sp³-hybridized carbons (Fsp3) is 0.286. The zero-order valence-corrected chi connectivity index (χ0v) is 12.7. The Kier molecular flexibility index (Phi) is 3.43. The molecule has 0 aliphatic carbocycles. The van der Waals surface area contributed by atoms with E-state index in [1.54, 1.807) is 11.3 Å². The van der Waals surface area contributed by atoms with Gasteiger partial charge in [-0.2, -0.15) is 11.3 Å². The third kappa shape index (κ3) is 2.32. The lowest BCUT2D eigenvalue weighted by Crippen LogP contribution is -2.34. The van der Waals surface area contributed by atoms with Crippen LogP contribution < -0.4 is 5.73 Å². The fourth-order valence-electron chi connectivity index (χ4n) is 1.87. The molecule has 1 unspecified atom stereocenters. The predicted octanol–water partition coefficient (Wildman–Crippen LogP) is 4.35. The van der Waals surface area contributed by atoms with E-state index < -0.39 is 5.54 Å². The molecule has 0 amide bonds. The first-order valence-electron chi connectivity index (χ1n) is 5.51. The second kappa shape index (κ2) is 4.56. The van der Waals surface area contributed by atoms with Crippen molar-refractivity contribution in [1.29, 1.82) is 0 Å². The molecule has 90 valence electrons. The Morgan fingerprint density at radius 1 is 1.18 bits per heavy atom. The molecule has 1 heterocycles. The zero-order valence-electron chi connectivity index (χ0n) is 10.3. The maximum Gasteiger partial charge on any atom is 0.0656 e. The van der Waals surface area contributed by atoms with Gasteiger partial charge in [0.2, 0.25) is 0 Å². The van der Waals surface area contributed by atoms with Crippen molar-refractivity contribution in [1.82, 2.24) is 0 Å². The van der Waals surface area contributed by atoms with Gasteiger partial charge in [-0.1, -0.05) is 18.2 Å². The number of hydrogen-bond donors (Lipinski definition) is 1. The molecular formula is C14H16BrNS. The van der Waals surface area contributed by atoms with Crippen LogP contribution in [-0.4, -0.2) is 0 Å². The highest BCUT2D eigenvalue weighted by atomic mass is 79.9. The summed E-state index contributed by atoms with van der Waals surface area (Å²) in [6, 6.07) is 6.43. The van der Waals surface area contributed by atoms with Crippen LogP contribution in [0.25, 0.3) is 0 Å². The molecule has 1 atom stereocenters. The van der Waals surface area contributed by atoms with Crippen molar-refractivity contribution in [2.75, 3.05) is 0 Å². The van der Waals surface area contributed by atoms with Crippen LogP contribution in [0, 0.1) is 13.8 Å². The van der Waals surface area contributed by atoms with Gasteiger partial charge in [0.05, 0.1) is 5.54 Å². The molecule has 3 heteroatoms. The summed E-state index contributed by atoms with van der Waals surface area (Å²) in [7, 11) is 0. The molecule has 0 saturated heterocycles. The lowest BCUT2D eigenvalue weighted by Gasteiger charge is -2.26. The normalized spacial score (nSPS) is 14.6. The molecule has 17 heavy (non-hydrogen) atoms. The summed E-state index contributed by atoms with van der Waals surface area (Å²) in [5.74, 6) is 0. The molecule has 1 nitrogen and oxygen atoms in total. The van der Waals surface area contributed by atoms with Gasteiger partial charge < -0.3 is 5.73 Å². The van der Waals surface area contributed by atoms with Gasteiger partial charge in [-0.05, 0) is 58.8 Å². The Morgan fingerprint density at radius 2 is 1.88 bits per heavy atom. The van der Waals surface area contributed by atoms with Crippen molar-refractivity contribution in [2.24, 2.45) is 5.73 Å². The molecule has 0 fully saturated rings. The van der Waals surface area contributed by atoms with Crippen LogP contribution in [0.1, 0.15) is 29.2 Å². The van der Waals surface area contributed by atoms with E-state index >= 15 is 0 Å². The quantitative estimate of drug-likeness (QED) is 0.877. The van der Waals surface area contributed by atoms with E-state index in [9.17, 15) is 0 Å². The monoisotopic (exact) mass is 309 g/mol. The highest BCUT2D eigenvalue weighted by Gasteiger charge is 2.26. The molecule has 1 aromatic carbocycles. The number of rotatable bonds is 2. The van der Waals surface area contributed by atoms with E-state index in [0.29, 0.717) is 0 Å². The summed E-state index contributed by atoms with van der Waals surface area (Å²) >= 11 is 5.23. The Labute approximate surface area is 115 Å². The first-order chi connectivity index (χ1) is 7.93. The Bertz CT molecular complexity index is 543. The molecule has 1 aromatic heterocycles. The van der Waals surface area contributed by atoms with Gasteiger partial charge in [0, 0.05) is 15.4 Å². The summed E-state index contributed by atoms with van der Waals surface area (Å²) in [6.07, 6.45) is 0. The van der Waals surface area contributed by atoms with E-state index in [0.717, 1.165) is 15.6 Å². The lowest BCUT2D eigenvalue weighted by atomic mass is 9.86. The molecule has 2 rings (SSSR count). The van der Waals surface area contributed by atoms with E-state index in [1.165, 1.54) is 11.1 Å². The number of halogens is 1. The molecule has 0 spiro atoms. The fourth-order valence-corrected chi connectivity index (χ4v) is 3.70. The molecule has 2 aromatic rings. The Hall–Kier alpha value is -0.640. The van der Waals surface area contributed by atoms with Gasteiger partial charge in [0.15, 0.2) is 0 Å². The first kappa shape index (κ1) is 12.8. The topological polar surface area (TPSA) is 26.0 Å². The second-order valence-electron chi connectivity index (χ2n) is 4.63. The van der Waals surface area contributed by atoms with Crippen molar-refractivity contribution >= 4 is 27.3 Å². The summed E-state index contributed by atoms with van der Waals surface area (Å²) in [4.78, 5) is 0. The number of thiophene rings is 1. The van der Waals surface area contributed by atoms with E-state index in [-0.39, 0.29) is 0 Å². The van der Waals surface area contributed by atoms with Crippen molar-refractivity contribution in [3.8, 4) is 0 Å². The van der Waals surface area contributed by atoms with Gasteiger partial charge in [0.25, 0.3) is 0 Å². The van der Waals surface area contributed by atoms with Crippen LogP contribution >= 0.6 is 27.3 Å². The van der Waals surface area contributed by atoms with Crippen LogP contribution in [0.5, 0.6) is 0 Å². The minimum Gasteiger partial charge on any atom is -0.318 e. The van der Waals surface area contributed by atoms with Crippen molar-refractivity contribution in [3.05, 3.63) is 55.7 Å². The van der Waals surface area contributed by atoms with Crippen molar-refractivity contribution in [3.63, 3.8) is 0 Å². The first-order valence-corrected chi connectivity index (χ1v) is 7.25. The van der Waals surface area contributed by atoms with Crippen LogP contribution in [0.3, 0.4) is 0 Å². The van der Waals surface area contributed by atoms with E-state index in [2.05, 4.69) is 65.7 Å². The molecule has 0 aliphatic heterocycles. The average Bonchev–Trinajstić information content (AvgIpc) is 2.69. The SMILES string of the molecule is Cc1ccc(C(C)(N)c2cscc2Br)cc1C. The van der Waals surface area contributed by atoms with E-state index in [4.69, 9.17) is 5.73 Å². The molecule has 0 radical (unpaired) electrons. The summed E-state index contributed by atoms with van der Waals surface area (Å²) in [6.45, 7) is 6.30. The highest BCUT2D eigenvalue weighted by Crippen LogP contribution is 2.35.